The van der Waals surface area contributed by atoms with E-state index in [9.17, 15) is 4.79 Å². The molecule has 1 heterocycles. The summed E-state index contributed by atoms with van der Waals surface area (Å²) in [6, 6.07) is 5.95. The van der Waals surface area contributed by atoms with Crippen LogP contribution in [0.2, 0.25) is 0 Å². The minimum absolute atomic E-state index is 0.182. The van der Waals surface area contributed by atoms with Crippen LogP contribution in [0.3, 0.4) is 0 Å². The highest BCUT2D eigenvalue weighted by Gasteiger charge is 2.26. The molecule has 0 aromatic heterocycles. The Labute approximate surface area is 113 Å². The molecule has 1 aromatic rings. The Hall–Kier alpha value is -1.22. The molecule has 0 spiro atoms. The molecule has 4 heteroatoms. The SMILES string of the molecule is COc1cccc2c1N(CCCCCl)C(=O)CC2. The third-order valence-corrected chi connectivity index (χ3v) is 3.51. The normalized spacial score (nSPS) is 14.6. The molecule has 1 aliphatic heterocycles. The number of fused-ring (bicyclic) bond motifs is 1. The summed E-state index contributed by atoms with van der Waals surface area (Å²) in [5.41, 5.74) is 2.14. The van der Waals surface area contributed by atoms with Crippen LogP contribution in [-0.4, -0.2) is 25.4 Å². The molecule has 2 rings (SSSR count). The Balaban J connectivity index is 2.27. The van der Waals surface area contributed by atoms with E-state index in [0.29, 0.717) is 12.3 Å². The molecule has 0 N–H and O–H groups in total. The van der Waals surface area contributed by atoms with Crippen molar-refractivity contribution in [2.45, 2.75) is 25.7 Å². The number of amides is 1. The molecule has 0 saturated carbocycles. The lowest BCUT2D eigenvalue weighted by molar-refractivity contribution is -0.118. The van der Waals surface area contributed by atoms with E-state index in [0.717, 1.165) is 37.2 Å². The summed E-state index contributed by atoms with van der Waals surface area (Å²) >= 11 is 5.69. The lowest BCUT2D eigenvalue weighted by Gasteiger charge is -2.30. The topological polar surface area (TPSA) is 29.5 Å². The summed E-state index contributed by atoms with van der Waals surface area (Å²) in [6.07, 6.45) is 3.24. The van der Waals surface area contributed by atoms with Crippen LogP contribution in [0.25, 0.3) is 0 Å². The second kappa shape index (κ2) is 6.10. The van der Waals surface area contributed by atoms with Gasteiger partial charge in [0.15, 0.2) is 0 Å². The van der Waals surface area contributed by atoms with E-state index >= 15 is 0 Å². The lowest BCUT2D eigenvalue weighted by atomic mass is 10.00. The molecule has 0 aliphatic carbocycles. The second-order valence-corrected chi connectivity index (χ2v) is 4.79. The summed E-state index contributed by atoms with van der Waals surface area (Å²) in [6.45, 7) is 0.721. The first-order valence-corrected chi connectivity index (χ1v) is 6.83. The summed E-state index contributed by atoms with van der Waals surface area (Å²) in [7, 11) is 1.64. The lowest BCUT2D eigenvalue weighted by Crippen LogP contribution is -2.36. The Morgan fingerprint density at radius 2 is 2.17 bits per heavy atom. The number of carbonyl (C=O) groups is 1. The van der Waals surface area contributed by atoms with E-state index in [1.807, 2.05) is 17.0 Å². The fourth-order valence-electron chi connectivity index (χ4n) is 2.34. The number of methoxy groups -OCH3 is 1. The molecule has 3 nitrogen and oxygen atoms in total. The number of hydrogen-bond donors (Lipinski definition) is 0. The summed E-state index contributed by atoms with van der Waals surface area (Å²) in [5.74, 6) is 1.61. The fourth-order valence-corrected chi connectivity index (χ4v) is 2.53. The van der Waals surface area contributed by atoms with Crippen LogP contribution in [0.15, 0.2) is 18.2 Å². The van der Waals surface area contributed by atoms with Gasteiger partial charge in [-0.1, -0.05) is 12.1 Å². The van der Waals surface area contributed by atoms with E-state index < -0.39 is 0 Å². The van der Waals surface area contributed by atoms with Crippen LogP contribution in [-0.2, 0) is 11.2 Å². The van der Waals surface area contributed by atoms with Crippen molar-refractivity contribution in [1.29, 1.82) is 0 Å². The minimum atomic E-state index is 0.182. The average Bonchev–Trinajstić information content (AvgIpc) is 2.40. The highest BCUT2D eigenvalue weighted by atomic mass is 35.5. The fraction of sp³-hybridized carbons (Fsp3) is 0.500. The van der Waals surface area contributed by atoms with Crippen molar-refractivity contribution in [3.05, 3.63) is 23.8 Å². The van der Waals surface area contributed by atoms with Gasteiger partial charge in [0.1, 0.15) is 5.75 Å². The minimum Gasteiger partial charge on any atom is -0.495 e. The molecule has 1 aromatic carbocycles. The predicted molar refractivity (Wildman–Crippen MR) is 73.6 cm³/mol. The second-order valence-electron chi connectivity index (χ2n) is 4.41. The molecule has 1 aliphatic rings. The average molecular weight is 268 g/mol. The number of anilines is 1. The van der Waals surface area contributed by atoms with Gasteiger partial charge in [-0.05, 0) is 30.9 Å². The Morgan fingerprint density at radius 1 is 1.33 bits per heavy atom. The predicted octanol–water partition coefficient (Wildman–Crippen LogP) is 2.99. The number of ether oxygens (including phenoxy) is 1. The van der Waals surface area contributed by atoms with Crippen molar-refractivity contribution in [2.75, 3.05) is 24.4 Å². The number of benzene rings is 1. The van der Waals surface area contributed by atoms with Crippen molar-refractivity contribution in [3.63, 3.8) is 0 Å². The molecule has 0 radical (unpaired) electrons. The number of carbonyl (C=O) groups excluding carboxylic acids is 1. The zero-order valence-electron chi connectivity index (χ0n) is 10.6. The summed E-state index contributed by atoms with van der Waals surface area (Å²) in [5, 5.41) is 0. The Morgan fingerprint density at radius 3 is 2.89 bits per heavy atom. The molecule has 1 amide bonds. The molecular formula is C14H18ClNO2. The first kappa shape index (κ1) is 13.2. The number of hydrogen-bond acceptors (Lipinski definition) is 2. The van der Waals surface area contributed by atoms with Crippen molar-refractivity contribution in [1.82, 2.24) is 0 Å². The smallest absolute Gasteiger partial charge is 0.227 e. The Bertz CT molecular complexity index is 420. The van der Waals surface area contributed by atoms with Gasteiger partial charge in [0.25, 0.3) is 0 Å². The van der Waals surface area contributed by atoms with Crippen LogP contribution in [0.5, 0.6) is 5.75 Å². The number of halogens is 1. The largest absolute Gasteiger partial charge is 0.495 e. The van der Waals surface area contributed by atoms with Crippen LogP contribution >= 0.6 is 11.6 Å². The van der Waals surface area contributed by atoms with Crippen LogP contribution in [0.1, 0.15) is 24.8 Å². The molecule has 98 valence electrons. The number of unbranched alkanes of at least 4 members (excludes halogenated alkanes) is 1. The number of alkyl halides is 1. The van der Waals surface area contributed by atoms with Gasteiger partial charge < -0.3 is 9.64 Å². The van der Waals surface area contributed by atoms with Gasteiger partial charge >= 0.3 is 0 Å². The molecule has 0 bridgehead atoms. The van der Waals surface area contributed by atoms with Gasteiger partial charge in [-0.15, -0.1) is 11.6 Å². The molecule has 0 atom stereocenters. The number of rotatable bonds is 5. The third kappa shape index (κ3) is 2.61. The number of aryl methyl sites for hydroxylation is 1. The zero-order chi connectivity index (χ0) is 13.0. The van der Waals surface area contributed by atoms with E-state index in [2.05, 4.69) is 6.07 Å². The van der Waals surface area contributed by atoms with Gasteiger partial charge in [0, 0.05) is 18.8 Å². The summed E-state index contributed by atoms with van der Waals surface area (Å²) in [4.78, 5) is 13.9. The monoisotopic (exact) mass is 267 g/mol. The highest BCUT2D eigenvalue weighted by Crippen LogP contribution is 2.36. The first-order chi connectivity index (χ1) is 8.77. The van der Waals surface area contributed by atoms with E-state index in [1.165, 1.54) is 5.56 Å². The Kier molecular flexibility index (Phi) is 4.48. The van der Waals surface area contributed by atoms with Crippen molar-refractivity contribution in [2.24, 2.45) is 0 Å². The first-order valence-electron chi connectivity index (χ1n) is 6.30. The maximum atomic E-state index is 12.1. The molecule has 0 fully saturated rings. The number of para-hydroxylation sites is 1. The molecule has 18 heavy (non-hydrogen) atoms. The van der Waals surface area contributed by atoms with Crippen molar-refractivity contribution >= 4 is 23.2 Å². The van der Waals surface area contributed by atoms with E-state index in [-0.39, 0.29) is 5.91 Å². The van der Waals surface area contributed by atoms with Crippen LogP contribution < -0.4 is 9.64 Å². The maximum absolute atomic E-state index is 12.1. The maximum Gasteiger partial charge on any atom is 0.227 e. The van der Waals surface area contributed by atoms with Crippen LogP contribution in [0.4, 0.5) is 5.69 Å². The molecule has 0 unspecified atom stereocenters. The van der Waals surface area contributed by atoms with E-state index in [1.54, 1.807) is 7.11 Å². The molecular weight excluding hydrogens is 250 g/mol. The summed E-state index contributed by atoms with van der Waals surface area (Å²) < 4.78 is 5.38. The quantitative estimate of drug-likeness (QED) is 0.606. The van der Waals surface area contributed by atoms with Crippen molar-refractivity contribution in [3.8, 4) is 5.75 Å². The molecule has 0 saturated heterocycles. The third-order valence-electron chi connectivity index (χ3n) is 3.25. The van der Waals surface area contributed by atoms with Crippen LogP contribution in [0, 0.1) is 0 Å². The van der Waals surface area contributed by atoms with Gasteiger partial charge in [-0.2, -0.15) is 0 Å². The number of nitrogens with zero attached hydrogens (tertiary/aromatic N) is 1. The van der Waals surface area contributed by atoms with E-state index in [4.69, 9.17) is 16.3 Å². The standard InChI is InChI=1S/C14H18ClNO2/c1-18-12-6-4-5-11-7-8-13(17)16(14(11)12)10-3-2-9-15/h4-6H,2-3,7-10H2,1H3. The van der Waals surface area contributed by atoms with Gasteiger partial charge in [0.2, 0.25) is 5.91 Å². The van der Waals surface area contributed by atoms with Gasteiger partial charge in [0.05, 0.1) is 12.8 Å². The van der Waals surface area contributed by atoms with Gasteiger partial charge in [-0.3, -0.25) is 4.79 Å². The van der Waals surface area contributed by atoms with Gasteiger partial charge in [-0.25, -0.2) is 0 Å². The highest BCUT2D eigenvalue weighted by molar-refractivity contribution is 6.17. The zero-order valence-corrected chi connectivity index (χ0v) is 11.4. The van der Waals surface area contributed by atoms with Crippen molar-refractivity contribution < 1.29 is 9.53 Å².